The lowest BCUT2D eigenvalue weighted by Crippen LogP contribution is -2.55. The summed E-state index contributed by atoms with van der Waals surface area (Å²) in [7, 11) is 0. The monoisotopic (exact) mass is 701 g/mol. The number of aryl methyl sites for hydroxylation is 2. The standard InChI is InChI=1S/C40H56FN7O3/c1-3-35(25-11-13-26(14-12-25)40(50)51)42-22-38-44-36-16-15-28(27-7-5-8-30(41)17-27)18-34(36)39(46-38)45-37(29-21-43-47(4-2)23-29)24-48-31-9-6-10-32(48)20-33(49)19-31/h5,7-8,17,21,23,25-26,28,31-33,35,37,42,49H,3-4,6,9-16,18-20,22,24H2,1-2H3,(H,50,51)(H,44,45,46)/t25?,26?,28-,31-,32-,35-,37+/m1/s1. The molecule has 4 heterocycles. The molecule has 4 N–H and O–H groups in total. The molecule has 0 radical (unpaired) electrons. The van der Waals surface area contributed by atoms with E-state index >= 15 is 0 Å². The topological polar surface area (TPSA) is 128 Å². The molecule has 2 bridgehead atoms. The van der Waals surface area contributed by atoms with Crippen molar-refractivity contribution in [3.63, 3.8) is 0 Å². The van der Waals surface area contributed by atoms with Crippen molar-refractivity contribution in [2.45, 2.75) is 147 Å². The molecule has 5 atom stereocenters. The van der Waals surface area contributed by atoms with E-state index in [4.69, 9.17) is 9.97 Å². The number of carboxylic acid groups (broad SMARTS) is 1. The van der Waals surface area contributed by atoms with E-state index in [0.29, 0.717) is 24.5 Å². The number of carboxylic acids is 1. The minimum absolute atomic E-state index is 0.0641. The summed E-state index contributed by atoms with van der Waals surface area (Å²) in [4.78, 5) is 24.6. The van der Waals surface area contributed by atoms with Crippen LogP contribution >= 0.6 is 0 Å². The molecule has 51 heavy (non-hydrogen) atoms. The number of fused-ring (bicyclic) bond motifs is 3. The number of anilines is 1. The van der Waals surface area contributed by atoms with Crippen molar-refractivity contribution in [3.05, 3.63) is 70.7 Å². The Morgan fingerprint density at radius 3 is 2.53 bits per heavy atom. The molecule has 0 unspecified atom stereocenters. The fourth-order valence-corrected chi connectivity index (χ4v) is 9.63. The van der Waals surface area contributed by atoms with Crippen molar-refractivity contribution in [3.8, 4) is 0 Å². The number of hydrogen-bond acceptors (Lipinski definition) is 8. The Morgan fingerprint density at radius 1 is 1.06 bits per heavy atom. The van der Waals surface area contributed by atoms with Gasteiger partial charge in [0.05, 0.1) is 30.8 Å². The molecule has 0 amide bonds. The highest BCUT2D eigenvalue weighted by Gasteiger charge is 2.39. The van der Waals surface area contributed by atoms with Crippen LogP contribution in [0.25, 0.3) is 0 Å². The predicted molar refractivity (Wildman–Crippen MR) is 195 cm³/mol. The first-order chi connectivity index (χ1) is 24.8. The molecule has 2 aliphatic carbocycles. The van der Waals surface area contributed by atoms with Gasteiger partial charge in [0.2, 0.25) is 0 Å². The van der Waals surface area contributed by atoms with Crippen molar-refractivity contribution in [1.29, 1.82) is 0 Å². The number of hydrogen-bond donors (Lipinski definition) is 4. The highest BCUT2D eigenvalue weighted by atomic mass is 19.1. The molecular weight excluding hydrogens is 645 g/mol. The maximum atomic E-state index is 14.4. The minimum Gasteiger partial charge on any atom is -0.481 e. The van der Waals surface area contributed by atoms with Crippen LogP contribution in [0.4, 0.5) is 10.2 Å². The number of halogens is 1. The Morgan fingerprint density at radius 2 is 1.84 bits per heavy atom. The van der Waals surface area contributed by atoms with Crippen LogP contribution in [-0.2, 0) is 30.7 Å². The average molecular weight is 702 g/mol. The first-order valence-corrected chi connectivity index (χ1v) is 19.6. The summed E-state index contributed by atoms with van der Waals surface area (Å²) in [6.45, 7) is 6.43. The zero-order valence-electron chi connectivity index (χ0n) is 30.3. The van der Waals surface area contributed by atoms with Crippen molar-refractivity contribution < 1.29 is 19.4 Å². The summed E-state index contributed by atoms with van der Waals surface area (Å²) in [5.74, 6) is 1.13. The van der Waals surface area contributed by atoms with Gasteiger partial charge in [-0.15, -0.1) is 0 Å². The minimum atomic E-state index is -0.669. The van der Waals surface area contributed by atoms with E-state index in [1.54, 1.807) is 12.1 Å². The van der Waals surface area contributed by atoms with Crippen molar-refractivity contribution in [1.82, 2.24) is 30.0 Å². The molecule has 0 spiro atoms. The third-order valence-corrected chi connectivity index (χ3v) is 12.5. The van der Waals surface area contributed by atoms with E-state index < -0.39 is 5.97 Å². The molecule has 11 heteroatoms. The smallest absolute Gasteiger partial charge is 0.306 e. The number of carbonyl (C=O) groups is 1. The van der Waals surface area contributed by atoms with Crippen LogP contribution in [0.2, 0.25) is 0 Å². The van der Waals surface area contributed by atoms with Crippen LogP contribution in [0.3, 0.4) is 0 Å². The van der Waals surface area contributed by atoms with Gasteiger partial charge in [0.25, 0.3) is 0 Å². The number of aliphatic hydroxyl groups is 1. The SMILES string of the molecule is CC[C@@H](NCc1nc2c(c(N[C@@H](CN3[C@@H]4CCC[C@@H]3CC(O)C4)c3cnn(CC)c3)n1)C[C@H](c1cccc(F)c1)CC2)C1CCC(C(=O)O)CC1. The molecule has 1 aromatic carbocycles. The first kappa shape index (κ1) is 36.0. The Bertz CT molecular complexity index is 1630. The van der Waals surface area contributed by atoms with Gasteiger partial charge < -0.3 is 20.8 Å². The zero-order valence-corrected chi connectivity index (χ0v) is 30.3. The van der Waals surface area contributed by atoms with Gasteiger partial charge >= 0.3 is 5.97 Å². The number of benzene rings is 1. The molecule has 2 aliphatic heterocycles. The van der Waals surface area contributed by atoms with Crippen LogP contribution in [0, 0.1) is 17.7 Å². The molecule has 2 aromatic heterocycles. The third kappa shape index (κ3) is 8.31. The molecule has 4 aliphatic rings. The lowest BCUT2D eigenvalue weighted by Gasteiger charge is -2.49. The number of rotatable bonds is 13. The third-order valence-electron chi connectivity index (χ3n) is 12.5. The van der Waals surface area contributed by atoms with Crippen LogP contribution in [0.15, 0.2) is 36.7 Å². The van der Waals surface area contributed by atoms with Crippen LogP contribution in [-0.4, -0.2) is 71.6 Å². The fraction of sp³-hybridized carbons (Fsp3) is 0.650. The van der Waals surface area contributed by atoms with Gasteiger partial charge in [0.15, 0.2) is 0 Å². The molecular formula is C40H56FN7O3. The van der Waals surface area contributed by atoms with Gasteiger partial charge in [0, 0.05) is 54.2 Å². The van der Waals surface area contributed by atoms with E-state index in [1.165, 1.54) is 12.5 Å². The highest BCUT2D eigenvalue weighted by Crippen LogP contribution is 2.39. The number of piperidine rings is 2. The summed E-state index contributed by atoms with van der Waals surface area (Å²) in [5.41, 5.74) is 4.31. The maximum Gasteiger partial charge on any atom is 0.306 e. The molecule has 7 rings (SSSR count). The lowest BCUT2D eigenvalue weighted by molar-refractivity contribution is -0.143. The van der Waals surface area contributed by atoms with Gasteiger partial charge in [-0.05, 0) is 114 Å². The summed E-state index contributed by atoms with van der Waals surface area (Å²) >= 11 is 0. The van der Waals surface area contributed by atoms with Gasteiger partial charge in [-0.25, -0.2) is 14.4 Å². The lowest BCUT2D eigenvalue weighted by atomic mass is 9.78. The molecule has 3 aromatic rings. The van der Waals surface area contributed by atoms with E-state index in [0.717, 1.165) is 124 Å². The Hall–Kier alpha value is -3.41. The highest BCUT2D eigenvalue weighted by molar-refractivity contribution is 5.70. The van der Waals surface area contributed by atoms with E-state index in [1.807, 2.05) is 16.9 Å². The van der Waals surface area contributed by atoms with Crippen molar-refractivity contribution in [2.24, 2.45) is 11.8 Å². The largest absolute Gasteiger partial charge is 0.481 e. The summed E-state index contributed by atoms with van der Waals surface area (Å²) < 4.78 is 16.3. The summed E-state index contributed by atoms with van der Waals surface area (Å²) in [6.07, 6.45) is 15.7. The second kappa shape index (κ2) is 16.1. The molecule has 2 saturated heterocycles. The van der Waals surface area contributed by atoms with Crippen LogP contribution in [0.5, 0.6) is 0 Å². The summed E-state index contributed by atoms with van der Waals surface area (Å²) in [5, 5.41) is 32.6. The van der Waals surface area contributed by atoms with Crippen molar-refractivity contribution >= 4 is 11.8 Å². The molecule has 3 fully saturated rings. The normalized spacial score (nSPS) is 27.8. The Labute approximate surface area is 301 Å². The number of aliphatic hydroxyl groups excluding tert-OH is 1. The fourth-order valence-electron chi connectivity index (χ4n) is 9.63. The van der Waals surface area contributed by atoms with Crippen LogP contribution in [0.1, 0.15) is 125 Å². The Kier molecular flexibility index (Phi) is 11.3. The van der Waals surface area contributed by atoms with Gasteiger partial charge in [-0.1, -0.05) is 25.5 Å². The number of aromatic nitrogens is 4. The van der Waals surface area contributed by atoms with E-state index in [2.05, 4.69) is 40.7 Å². The second-order valence-corrected chi connectivity index (χ2v) is 15.6. The first-order valence-electron chi connectivity index (χ1n) is 19.6. The zero-order chi connectivity index (χ0) is 35.5. The number of aliphatic carboxylic acids is 1. The maximum absolute atomic E-state index is 14.4. The number of nitrogens with one attached hydrogen (secondary N) is 2. The van der Waals surface area contributed by atoms with Crippen molar-refractivity contribution in [2.75, 3.05) is 11.9 Å². The molecule has 276 valence electrons. The van der Waals surface area contributed by atoms with Gasteiger partial charge in [-0.2, -0.15) is 5.10 Å². The average Bonchev–Trinajstić information content (AvgIpc) is 3.61. The predicted octanol–water partition coefficient (Wildman–Crippen LogP) is 6.39. The van der Waals surface area contributed by atoms with E-state index in [-0.39, 0.29) is 35.8 Å². The molecule has 1 saturated carbocycles. The number of nitrogens with zero attached hydrogens (tertiary/aromatic N) is 5. The van der Waals surface area contributed by atoms with Gasteiger partial charge in [0.1, 0.15) is 17.5 Å². The van der Waals surface area contributed by atoms with Gasteiger partial charge in [-0.3, -0.25) is 14.4 Å². The molecule has 10 nitrogen and oxygen atoms in total. The summed E-state index contributed by atoms with van der Waals surface area (Å²) in [6, 6.07) is 7.95. The quantitative estimate of drug-likeness (QED) is 0.160. The van der Waals surface area contributed by atoms with Crippen LogP contribution < -0.4 is 10.6 Å². The second-order valence-electron chi connectivity index (χ2n) is 15.6. The Balaban J connectivity index is 1.18. The van der Waals surface area contributed by atoms with E-state index in [9.17, 15) is 19.4 Å².